The molecule has 0 amide bonds. The molecule has 3 aromatic heterocycles. The van der Waals surface area contributed by atoms with Crippen molar-refractivity contribution >= 4 is 31.8 Å². The van der Waals surface area contributed by atoms with Gasteiger partial charge in [0.1, 0.15) is 5.65 Å². The average Bonchev–Trinajstić information content (AvgIpc) is 3.23. The maximum absolute atomic E-state index is 12.4. The summed E-state index contributed by atoms with van der Waals surface area (Å²) in [5, 5.41) is 2.77. The molecule has 126 valence electrons. The van der Waals surface area contributed by atoms with Crippen LogP contribution in [0.5, 0.6) is 0 Å². The first-order valence-corrected chi connectivity index (χ1v) is 9.68. The number of sulfonamides is 1. The van der Waals surface area contributed by atoms with Crippen LogP contribution in [0, 0.1) is 0 Å². The van der Waals surface area contributed by atoms with Crippen molar-refractivity contribution in [3.8, 4) is 0 Å². The molecule has 6 nitrogen and oxygen atoms in total. The Balaban J connectivity index is 1.79. The summed E-state index contributed by atoms with van der Waals surface area (Å²) >= 11 is 0. The summed E-state index contributed by atoms with van der Waals surface area (Å²) < 4.78 is 26.5. The Hall–Kier alpha value is -1.99. The molecule has 1 aliphatic heterocycles. The Bertz CT molecular complexity index is 1010. The van der Waals surface area contributed by atoms with Crippen molar-refractivity contribution in [3.63, 3.8) is 0 Å². The Morgan fingerprint density at radius 3 is 2.92 bits per heavy atom. The van der Waals surface area contributed by atoms with Gasteiger partial charge in [-0.05, 0) is 32.4 Å². The van der Waals surface area contributed by atoms with E-state index in [1.54, 1.807) is 24.3 Å². The molecule has 0 saturated carbocycles. The molecule has 1 N–H and O–H groups in total. The molecule has 0 aromatic carbocycles. The number of H-pyrrole nitrogens is 1. The number of pyridine rings is 2. The monoisotopic (exact) mass is 344 g/mol. The molecule has 7 heteroatoms. The lowest BCUT2D eigenvalue weighted by Gasteiger charge is -2.19. The van der Waals surface area contributed by atoms with Gasteiger partial charge in [-0.1, -0.05) is 0 Å². The highest BCUT2D eigenvalue weighted by Crippen LogP contribution is 2.35. The fourth-order valence-corrected chi connectivity index (χ4v) is 4.83. The molecule has 0 radical (unpaired) electrons. The minimum atomic E-state index is -3.22. The van der Waals surface area contributed by atoms with Crippen LogP contribution in [0.15, 0.2) is 30.7 Å². The third-order valence-electron chi connectivity index (χ3n) is 4.83. The second kappa shape index (κ2) is 5.53. The Morgan fingerprint density at radius 2 is 2.12 bits per heavy atom. The van der Waals surface area contributed by atoms with Gasteiger partial charge in [0.15, 0.2) is 0 Å². The van der Waals surface area contributed by atoms with Crippen LogP contribution >= 0.6 is 0 Å². The summed E-state index contributed by atoms with van der Waals surface area (Å²) in [6.45, 7) is 4.52. The van der Waals surface area contributed by atoms with Crippen LogP contribution in [0.25, 0.3) is 21.8 Å². The number of aromatic nitrogens is 3. The smallest absolute Gasteiger partial charge is 0.216 e. The normalized spacial score (nSPS) is 19.7. The van der Waals surface area contributed by atoms with E-state index in [0.717, 1.165) is 33.9 Å². The number of hydrogen-bond acceptors (Lipinski definition) is 4. The second-order valence-corrected chi connectivity index (χ2v) is 9.09. The van der Waals surface area contributed by atoms with Crippen LogP contribution in [0.2, 0.25) is 0 Å². The fraction of sp³-hybridized carbons (Fsp3) is 0.412. The van der Waals surface area contributed by atoms with Gasteiger partial charge in [-0.15, -0.1) is 0 Å². The van der Waals surface area contributed by atoms with Crippen molar-refractivity contribution in [3.05, 3.63) is 36.4 Å². The molecule has 4 rings (SSSR count). The van der Waals surface area contributed by atoms with Crippen LogP contribution in [-0.2, 0) is 10.0 Å². The topological polar surface area (TPSA) is 79.0 Å². The maximum atomic E-state index is 12.4. The van der Waals surface area contributed by atoms with Crippen molar-refractivity contribution in [2.24, 2.45) is 0 Å². The van der Waals surface area contributed by atoms with Crippen LogP contribution < -0.4 is 0 Å². The lowest BCUT2D eigenvalue weighted by Crippen LogP contribution is -2.34. The zero-order chi connectivity index (χ0) is 16.9. The van der Waals surface area contributed by atoms with Gasteiger partial charge < -0.3 is 4.98 Å². The van der Waals surface area contributed by atoms with E-state index >= 15 is 0 Å². The Labute approximate surface area is 141 Å². The lowest BCUT2D eigenvalue weighted by molar-refractivity contribution is 0.465. The van der Waals surface area contributed by atoms with E-state index in [0.29, 0.717) is 13.1 Å². The molecule has 1 atom stereocenters. The zero-order valence-corrected chi connectivity index (χ0v) is 14.5. The van der Waals surface area contributed by atoms with Crippen LogP contribution in [-0.4, -0.2) is 46.0 Å². The molecule has 3 aromatic rings. The first kappa shape index (κ1) is 15.5. The molecular weight excluding hydrogens is 324 g/mol. The molecule has 0 bridgehead atoms. The first-order chi connectivity index (χ1) is 11.5. The van der Waals surface area contributed by atoms with Crippen molar-refractivity contribution < 1.29 is 8.42 Å². The van der Waals surface area contributed by atoms with E-state index in [9.17, 15) is 8.42 Å². The average molecular weight is 344 g/mol. The summed E-state index contributed by atoms with van der Waals surface area (Å²) in [6.07, 6.45) is 6.30. The van der Waals surface area contributed by atoms with Crippen LogP contribution in [0.1, 0.15) is 31.9 Å². The summed E-state index contributed by atoms with van der Waals surface area (Å²) in [6, 6.07) is 3.96. The predicted octanol–water partition coefficient (Wildman–Crippen LogP) is 2.64. The molecule has 1 saturated heterocycles. The van der Waals surface area contributed by atoms with Gasteiger partial charge in [-0.25, -0.2) is 17.7 Å². The maximum Gasteiger partial charge on any atom is 0.216 e. The van der Waals surface area contributed by atoms with Gasteiger partial charge in [-0.2, -0.15) is 0 Å². The van der Waals surface area contributed by atoms with Gasteiger partial charge >= 0.3 is 0 Å². The number of aromatic amines is 1. The van der Waals surface area contributed by atoms with Crippen LogP contribution in [0.4, 0.5) is 0 Å². The van der Waals surface area contributed by atoms with Gasteiger partial charge in [0, 0.05) is 53.8 Å². The highest BCUT2D eigenvalue weighted by Gasteiger charge is 2.35. The lowest BCUT2D eigenvalue weighted by atomic mass is 9.97. The van der Waals surface area contributed by atoms with Crippen LogP contribution in [0.3, 0.4) is 0 Å². The van der Waals surface area contributed by atoms with Gasteiger partial charge in [0.25, 0.3) is 0 Å². The highest BCUT2D eigenvalue weighted by molar-refractivity contribution is 7.89. The van der Waals surface area contributed by atoms with E-state index in [-0.39, 0.29) is 5.92 Å². The standard InChI is InChI=1S/C17H20N4O2S/c1-11(2)24(22,23)21-8-5-13(10-21)16-15-12(3-6-18-16)9-20-17-14(15)4-7-19-17/h3-4,6-7,9,11,13H,5,8,10H2,1-2H3,(H,19,20). The third kappa shape index (κ3) is 2.31. The molecule has 1 fully saturated rings. The van der Waals surface area contributed by atoms with Crippen molar-refractivity contribution in [1.29, 1.82) is 0 Å². The number of hydrogen-bond donors (Lipinski definition) is 1. The summed E-state index contributed by atoms with van der Waals surface area (Å²) in [4.78, 5) is 12.2. The van der Waals surface area contributed by atoms with Gasteiger partial charge in [-0.3, -0.25) is 4.98 Å². The number of nitrogens with zero attached hydrogens (tertiary/aromatic N) is 3. The van der Waals surface area contributed by atoms with Crippen molar-refractivity contribution in [2.45, 2.75) is 31.4 Å². The fourth-order valence-electron chi connectivity index (χ4n) is 3.49. The number of fused-ring (bicyclic) bond motifs is 3. The zero-order valence-electron chi connectivity index (χ0n) is 13.7. The summed E-state index contributed by atoms with van der Waals surface area (Å²) in [7, 11) is -3.22. The largest absolute Gasteiger partial charge is 0.346 e. The summed E-state index contributed by atoms with van der Waals surface area (Å²) in [5.41, 5.74) is 1.81. The van der Waals surface area contributed by atoms with Crippen molar-refractivity contribution in [1.82, 2.24) is 19.3 Å². The highest BCUT2D eigenvalue weighted by atomic mass is 32.2. The van der Waals surface area contributed by atoms with Crippen molar-refractivity contribution in [2.75, 3.05) is 13.1 Å². The quantitative estimate of drug-likeness (QED) is 0.792. The van der Waals surface area contributed by atoms with Gasteiger partial charge in [0.2, 0.25) is 10.0 Å². The molecule has 1 unspecified atom stereocenters. The minimum absolute atomic E-state index is 0.114. The molecular formula is C17H20N4O2S. The van der Waals surface area contributed by atoms with E-state index in [1.807, 2.05) is 24.5 Å². The molecule has 24 heavy (non-hydrogen) atoms. The van der Waals surface area contributed by atoms with E-state index < -0.39 is 15.3 Å². The van der Waals surface area contributed by atoms with E-state index in [1.165, 1.54) is 0 Å². The predicted molar refractivity (Wildman–Crippen MR) is 94.4 cm³/mol. The SMILES string of the molecule is CC(C)S(=O)(=O)N1CCC(c2nccc3cnc4[nH]ccc4c23)C1. The Kier molecular flexibility index (Phi) is 3.58. The summed E-state index contributed by atoms with van der Waals surface area (Å²) in [5.74, 6) is 0.114. The van der Waals surface area contributed by atoms with E-state index in [2.05, 4.69) is 15.0 Å². The molecule has 0 spiro atoms. The Morgan fingerprint density at radius 1 is 1.29 bits per heavy atom. The number of rotatable bonds is 3. The molecule has 4 heterocycles. The molecule has 0 aliphatic carbocycles. The third-order valence-corrected chi connectivity index (χ3v) is 7.08. The first-order valence-electron chi connectivity index (χ1n) is 8.18. The second-order valence-electron chi connectivity index (χ2n) is 6.60. The minimum Gasteiger partial charge on any atom is -0.346 e. The molecule has 1 aliphatic rings. The van der Waals surface area contributed by atoms with E-state index in [4.69, 9.17) is 0 Å². The number of nitrogens with one attached hydrogen (secondary N) is 1. The van der Waals surface area contributed by atoms with Gasteiger partial charge in [0.05, 0.1) is 10.9 Å².